The van der Waals surface area contributed by atoms with Crippen LogP contribution in [0.2, 0.25) is 0 Å². The first-order chi connectivity index (χ1) is 10.1. The van der Waals surface area contributed by atoms with Crippen molar-refractivity contribution in [2.45, 2.75) is 39.0 Å². The van der Waals surface area contributed by atoms with Crippen LogP contribution in [0.1, 0.15) is 48.0 Å². The third kappa shape index (κ3) is 3.97. The van der Waals surface area contributed by atoms with Crippen molar-refractivity contribution < 1.29 is 14.7 Å². The third-order valence-corrected chi connectivity index (χ3v) is 3.87. The van der Waals surface area contributed by atoms with Gasteiger partial charge >= 0.3 is 12.0 Å². The van der Waals surface area contributed by atoms with E-state index in [2.05, 4.69) is 5.32 Å². The van der Waals surface area contributed by atoms with Gasteiger partial charge < -0.3 is 15.3 Å². The number of rotatable bonds is 2. The van der Waals surface area contributed by atoms with E-state index < -0.39 is 5.97 Å². The molecule has 0 saturated carbocycles. The van der Waals surface area contributed by atoms with E-state index in [1.807, 2.05) is 0 Å². The number of nitrogens with one attached hydrogen (secondary N) is 1. The Labute approximate surface area is 125 Å². The molecule has 1 fully saturated rings. The quantitative estimate of drug-likeness (QED) is 0.876. The Morgan fingerprint density at radius 2 is 1.71 bits per heavy atom. The van der Waals surface area contributed by atoms with Gasteiger partial charge in [0.05, 0.1) is 11.3 Å². The highest BCUT2D eigenvalue weighted by molar-refractivity contribution is 6.01. The van der Waals surface area contributed by atoms with Crippen LogP contribution in [0.5, 0.6) is 0 Å². The molecular weight excluding hydrogens is 268 g/mol. The molecule has 0 bridgehead atoms. The number of anilines is 1. The molecule has 5 heteroatoms. The van der Waals surface area contributed by atoms with Gasteiger partial charge in [-0.15, -0.1) is 0 Å². The summed E-state index contributed by atoms with van der Waals surface area (Å²) in [7, 11) is 0. The van der Waals surface area contributed by atoms with Gasteiger partial charge in [-0.25, -0.2) is 9.59 Å². The van der Waals surface area contributed by atoms with E-state index in [4.69, 9.17) is 0 Å². The second-order valence-electron chi connectivity index (χ2n) is 5.49. The summed E-state index contributed by atoms with van der Waals surface area (Å²) in [4.78, 5) is 25.5. The maximum Gasteiger partial charge on any atom is 0.338 e. The number of carbonyl (C=O) groups is 2. The molecule has 21 heavy (non-hydrogen) atoms. The Bertz CT molecular complexity index is 520. The molecule has 1 aliphatic rings. The predicted octanol–water partition coefficient (Wildman–Crippen LogP) is 3.49. The lowest BCUT2D eigenvalue weighted by Gasteiger charge is -2.25. The fourth-order valence-electron chi connectivity index (χ4n) is 2.70. The van der Waals surface area contributed by atoms with Crippen molar-refractivity contribution in [3.8, 4) is 0 Å². The van der Waals surface area contributed by atoms with Gasteiger partial charge in [0.1, 0.15) is 0 Å². The van der Waals surface area contributed by atoms with Crippen LogP contribution in [0.4, 0.5) is 10.5 Å². The van der Waals surface area contributed by atoms with E-state index >= 15 is 0 Å². The van der Waals surface area contributed by atoms with E-state index in [9.17, 15) is 14.7 Å². The number of urea groups is 1. The molecule has 1 aliphatic heterocycles. The van der Waals surface area contributed by atoms with Crippen molar-refractivity contribution in [1.82, 2.24) is 4.90 Å². The summed E-state index contributed by atoms with van der Waals surface area (Å²) in [6, 6.07) is 4.92. The minimum atomic E-state index is -1.02. The minimum absolute atomic E-state index is 0.165. The van der Waals surface area contributed by atoms with Gasteiger partial charge in [-0.2, -0.15) is 0 Å². The van der Waals surface area contributed by atoms with Gasteiger partial charge in [-0.3, -0.25) is 0 Å². The number of aromatic carboxylic acids is 1. The van der Waals surface area contributed by atoms with E-state index in [1.54, 1.807) is 30.0 Å². The zero-order valence-corrected chi connectivity index (χ0v) is 12.4. The molecule has 2 N–H and O–H groups in total. The van der Waals surface area contributed by atoms with E-state index in [-0.39, 0.29) is 11.6 Å². The van der Waals surface area contributed by atoms with Crippen molar-refractivity contribution >= 4 is 17.7 Å². The number of hydrogen-bond acceptors (Lipinski definition) is 2. The predicted molar refractivity (Wildman–Crippen MR) is 81.8 cm³/mol. The number of amides is 2. The molecule has 2 rings (SSSR count). The Kier molecular flexibility index (Phi) is 5.20. The monoisotopic (exact) mass is 290 g/mol. The van der Waals surface area contributed by atoms with Crippen molar-refractivity contribution in [2.75, 3.05) is 18.4 Å². The van der Waals surface area contributed by atoms with Crippen LogP contribution < -0.4 is 5.32 Å². The number of carboxylic acid groups (broad SMARTS) is 1. The van der Waals surface area contributed by atoms with Gasteiger partial charge in [-0.05, 0) is 31.4 Å². The molecule has 0 spiro atoms. The SMILES string of the molecule is Cc1cccc(NC(=O)N2CCCCCCC2)c1C(=O)O. The molecule has 5 nitrogen and oxygen atoms in total. The number of hydrogen-bond donors (Lipinski definition) is 2. The molecule has 0 aliphatic carbocycles. The van der Waals surface area contributed by atoms with Crippen LogP contribution in [0.3, 0.4) is 0 Å². The lowest BCUT2D eigenvalue weighted by atomic mass is 10.1. The number of aryl methyl sites for hydroxylation is 1. The Balaban J connectivity index is 2.11. The first-order valence-corrected chi connectivity index (χ1v) is 7.48. The van der Waals surface area contributed by atoms with E-state index in [0.29, 0.717) is 11.3 Å². The zero-order valence-electron chi connectivity index (χ0n) is 12.4. The highest BCUT2D eigenvalue weighted by Gasteiger charge is 2.19. The van der Waals surface area contributed by atoms with Crippen LogP contribution >= 0.6 is 0 Å². The molecule has 1 saturated heterocycles. The van der Waals surface area contributed by atoms with Gasteiger partial charge in [0, 0.05) is 13.1 Å². The van der Waals surface area contributed by atoms with Gasteiger partial charge in [-0.1, -0.05) is 31.4 Å². The van der Waals surface area contributed by atoms with Crippen molar-refractivity contribution in [3.63, 3.8) is 0 Å². The molecule has 114 valence electrons. The topological polar surface area (TPSA) is 69.6 Å². The summed E-state index contributed by atoms with van der Waals surface area (Å²) < 4.78 is 0. The fraction of sp³-hybridized carbons (Fsp3) is 0.500. The number of likely N-dealkylation sites (tertiary alicyclic amines) is 1. The van der Waals surface area contributed by atoms with Crippen molar-refractivity contribution in [3.05, 3.63) is 29.3 Å². The number of carbonyl (C=O) groups excluding carboxylic acids is 1. The van der Waals surface area contributed by atoms with Gasteiger partial charge in [0.15, 0.2) is 0 Å². The number of carboxylic acids is 1. The first kappa shape index (κ1) is 15.4. The second kappa shape index (κ2) is 7.11. The molecular formula is C16H22N2O3. The minimum Gasteiger partial charge on any atom is -0.478 e. The average Bonchev–Trinajstić information content (AvgIpc) is 2.37. The molecule has 1 heterocycles. The molecule has 0 unspecified atom stereocenters. The van der Waals surface area contributed by atoms with Crippen LogP contribution in [0, 0.1) is 6.92 Å². The van der Waals surface area contributed by atoms with Crippen LogP contribution in [0.25, 0.3) is 0 Å². The van der Waals surface area contributed by atoms with E-state index in [1.165, 1.54) is 6.42 Å². The summed E-state index contributed by atoms with van der Waals surface area (Å²) >= 11 is 0. The molecule has 2 amide bonds. The molecule has 1 aromatic rings. The Morgan fingerprint density at radius 1 is 1.10 bits per heavy atom. The lowest BCUT2D eigenvalue weighted by molar-refractivity contribution is 0.0697. The fourth-order valence-corrected chi connectivity index (χ4v) is 2.70. The number of nitrogens with zero attached hydrogens (tertiary/aromatic N) is 1. The third-order valence-electron chi connectivity index (χ3n) is 3.87. The molecule has 0 aromatic heterocycles. The molecule has 0 atom stereocenters. The zero-order chi connectivity index (χ0) is 15.2. The molecule has 1 aromatic carbocycles. The van der Waals surface area contributed by atoms with Crippen LogP contribution in [-0.2, 0) is 0 Å². The largest absolute Gasteiger partial charge is 0.478 e. The maximum atomic E-state index is 12.3. The van der Waals surface area contributed by atoms with Crippen molar-refractivity contribution in [1.29, 1.82) is 0 Å². The highest BCUT2D eigenvalue weighted by atomic mass is 16.4. The lowest BCUT2D eigenvalue weighted by Crippen LogP contribution is -2.37. The molecule has 0 radical (unpaired) electrons. The number of benzene rings is 1. The van der Waals surface area contributed by atoms with Gasteiger partial charge in [0.2, 0.25) is 0 Å². The summed E-state index contributed by atoms with van der Waals surface area (Å²) in [6.07, 6.45) is 5.54. The average molecular weight is 290 g/mol. The Hall–Kier alpha value is -2.04. The van der Waals surface area contributed by atoms with Gasteiger partial charge in [0.25, 0.3) is 0 Å². The summed E-state index contributed by atoms with van der Waals surface area (Å²) in [5.41, 5.74) is 1.18. The maximum absolute atomic E-state index is 12.3. The normalized spacial score (nSPS) is 16.0. The standard InChI is InChI=1S/C16H22N2O3/c1-12-8-7-9-13(14(12)15(19)20)17-16(21)18-10-5-3-2-4-6-11-18/h7-9H,2-6,10-11H2,1H3,(H,17,21)(H,19,20). The van der Waals surface area contributed by atoms with Crippen LogP contribution in [0.15, 0.2) is 18.2 Å². The summed E-state index contributed by atoms with van der Waals surface area (Å²) in [5.74, 6) is -1.02. The smallest absolute Gasteiger partial charge is 0.338 e. The Morgan fingerprint density at radius 3 is 2.33 bits per heavy atom. The summed E-state index contributed by atoms with van der Waals surface area (Å²) in [6.45, 7) is 3.20. The second-order valence-corrected chi connectivity index (χ2v) is 5.49. The van der Waals surface area contributed by atoms with Crippen LogP contribution in [-0.4, -0.2) is 35.1 Å². The summed E-state index contributed by atoms with van der Waals surface area (Å²) in [5, 5.41) is 12.0. The highest BCUT2D eigenvalue weighted by Crippen LogP contribution is 2.20. The first-order valence-electron chi connectivity index (χ1n) is 7.48. The van der Waals surface area contributed by atoms with E-state index in [0.717, 1.165) is 38.8 Å². The van der Waals surface area contributed by atoms with Crippen molar-refractivity contribution in [2.24, 2.45) is 0 Å².